The Labute approximate surface area is 235 Å². The summed E-state index contributed by atoms with van der Waals surface area (Å²) in [7, 11) is 1.29. The Balaban J connectivity index is 1.29. The van der Waals surface area contributed by atoms with E-state index in [0.717, 1.165) is 62.3 Å². The maximum atomic E-state index is 13.7. The number of amides is 3. The van der Waals surface area contributed by atoms with Crippen LogP contribution in [0.5, 0.6) is 0 Å². The van der Waals surface area contributed by atoms with Gasteiger partial charge in [0.15, 0.2) is 0 Å². The second-order valence-corrected chi connectivity index (χ2v) is 12.1. The van der Waals surface area contributed by atoms with Crippen molar-refractivity contribution in [3.8, 4) is 0 Å². The molecule has 2 heterocycles. The molecule has 1 saturated heterocycles. The van der Waals surface area contributed by atoms with Crippen LogP contribution in [0.4, 0.5) is 0 Å². The lowest BCUT2D eigenvalue weighted by Gasteiger charge is -2.33. The summed E-state index contributed by atoms with van der Waals surface area (Å²) in [6.07, 6.45) is 12.0. The second-order valence-electron chi connectivity index (χ2n) is 12.1. The number of nitrogens with one attached hydrogen (secondary N) is 4. The van der Waals surface area contributed by atoms with Crippen molar-refractivity contribution in [1.82, 2.24) is 20.9 Å². The maximum absolute atomic E-state index is 13.7. The number of para-hydroxylation sites is 1. The topological polar surface area (TPSA) is 129 Å². The van der Waals surface area contributed by atoms with Crippen molar-refractivity contribution in [2.45, 2.75) is 101 Å². The minimum atomic E-state index is -0.967. The zero-order chi connectivity index (χ0) is 28.1. The third kappa shape index (κ3) is 6.50. The van der Waals surface area contributed by atoms with Crippen LogP contribution in [0.1, 0.15) is 94.0 Å². The molecule has 3 fully saturated rings. The Kier molecular flexibility index (Phi) is 8.76. The number of fused-ring (bicyclic) bond motifs is 1. The van der Waals surface area contributed by atoms with E-state index in [1.807, 2.05) is 24.3 Å². The number of hydrogen-bond donors (Lipinski definition) is 4. The van der Waals surface area contributed by atoms with Gasteiger partial charge in [0, 0.05) is 22.4 Å². The average Bonchev–Trinajstić information content (AvgIpc) is 3.53. The standard InChI is InChI=1S/C31H42N4O5/c1-40-30(39)26(18-22-19-31(35-27(22)36)14-8-3-9-15-31)34-28(37)24(16-20-10-4-2-5-11-20)33-29(38)25-17-21-12-6-7-13-23(21)32-25/h6-7,12-13,17,20,22,24,26,32H,2-5,8-11,14-16,18-19H2,1H3,(H,33,38)(H,34,37)(H,35,36)/t22?,24-,26?/m0/s1. The first-order valence-electron chi connectivity index (χ1n) is 14.9. The van der Waals surface area contributed by atoms with Crippen LogP contribution < -0.4 is 16.0 Å². The van der Waals surface area contributed by atoms with Gasteiger partial charge >= 0.3 is 5.97 Å². The fourth-order valence-electron chi connectivity index (χ4n) is 7.06. The van der Waals surface area contributed by atoms with Crippen LogP contribution in [0.2, 0.25) is 0 Å². The first-order valence-corrected chi connectivity index (χ1v) is 14.9. The Morgan fingerprint density at radius 1 is 0.975 bits per heavy atom. The molecule has 2 saturated carbocycles. The van der Waals surface area contributed by atoms with Crippen LogP contribution >= 0.6 is 0 Å². The molecule has 0 radical (unpaired) electrons. The van der Waals surface area contributed by atoms with Gasteiger partial charge in [-0.05, 0) is 50.2 Å². The molecule has 9 heteroatoms. The Morgan fingerprint density at radius 3 is 2.42 bits per heavy atom. The van der Waals surface area contributed by atoms with E-state index in [-0.39, 0.29) is 29.7 Å². The molecule has 2 aromatic rings. The van der Waals surface area contributed by atoms with E-state index in [2.05, 4.69) is 20.9 Å². The SMILES string of the molecule is COC(=O)C(CC1CC2(CCCCC2)NC1=O)NC(=O)[C@H](CC1CCCCC1)NC(=O)c1cc2ccccc2[nH]1. The predicted molar refractivity (Wildman–Crippen MR) is 151 cm³/mol. The molecule has 3 amide bonds. The number of aromatic nitrogens is 1. The molecule has 216 valence electrons. The highest BCUT2D eigenvalue weighted by Gasteiger charge is 2.46. The molecule has 9 nitrogen and oxygen atoms in total. The summed E-state index contributed by atoms with van der Waals surface area (Å²) < 4.78 is 5.03. The first-order chi connectivity index (χ1) is 19.4. The summed E-state index contributed by atoms with van der Waals surface area (Å²) in [4.78, 5) is 55.8. The van der Waals surface area contributed by atoms with Crippen LogP contribution in [-0.2, 0) is 19.1 Å². The van der Waals surface area contributed by atoms with E-state index in [9.17, 15) is 19.2 Å². The molecule has 2 aliphatic carbocycles. The molecular weight excluding hydrogens is 508 g/mol. The summed E-state index contributed by atoms with van der Waals surface area (Å²) in [5.74, 6) is -1.48. The number of rotatable bonds is 9. The lowest BCUT2D eigenvalue weighted by atomic mass is 9.78. The highest BCUT2D eigenvalue weighted by atomic mass is 16.5. The molecule has 3 atom stereocenters. The smallest absolute Gasteiger partial charge is 0.328 e. The zero-order valence-corrected chi connectivity index (χ0v) is 23.4. The van der Waals surface area contributed by atoms with Gasteiger partial charge in [-0.25, -0.2) is 4.79 Å². The van der Waals surface area contributed by atoms with Crippen molar-refractivity contribution in [2.24, 2.45) is 11.8 Å². The normalized spacial score (nSPS) is 22.4. The number of hydrogen-bond acceptors (Lipinski definition) is 5. The minimum absolute atomic E-state index is 0.0593. The maximum Gasteiger partial charge on any atom is 0.328 e. The summed E-state index contributed by atoms with van der Waals surface area (Å²) in [5, 5.41) is 9.92. The van der Waals surface area contributed by atoms with E-state index in [0.29, 0.717) is 24.5 Å². The van der Waals surface area contributed by atoms with Crippen molar-refractivity contribution in [3.63, 3.8) is 0 Å². The summed E-state index contributed by atoms with van der Waals surface area (Å²) >= 11 is 0. The monoisotopic (exact) mass is 550 g/mol. The summed E-state index contributed by atoms with van der Waals surface area (Å²) in [6.45, 7) is 0. The summed E-state index contributed by atoms with van der Waals surface area (Å²) in [6, 6.07) is 7.62. The average molecular weight is 551 g/mol. The molecule has 3 aliphatic rings. The fraction of sp³-hybridized carbons (Fsp3) is 0.613. The van der Waals surface area contributed by atoms with Gasteiger partial charge in [0.05, 0.1) is 7.11 Å². The van der Waals surface area contributed by atoms with E-state index < -0.39 is 24.0 Å². The van der Waals surface area contributed by atoms with Crippen LogP contribution in [0.15, 0.2) is 30.3 Å². The molecule has 40 heavy (non-hydrogen) atoms. The molecule has 1 spiro atoms. The molecular formula is C31H42N4O5. The molecule has 5 rings (SSSR count). The van der Waals surface area contributed by atoms with Gasteiger partial charge < -0.3 is 25.7 Å². The fourth-order valence-corrected chi connectivity index (χ4v) is 7.06. The number of H-pyrrole nitrogens is 1. The molecule has 4 N–H and O–H groups in total. The van der Waals surface area contributed by atoms with E-state index in [1.54, 1.807) is 6.07 Å². The molecule has 2 unspecified atom stereocenters. The third-order valence-electron chi connectivity index (χ3n) is 9.22. The van der Waals surface area contributed by atoms with Crippen molar-refractivity contribution >= 4 is 34.6 Å². The third-order valence-corrected chi connectivity index (χ3v) is 9.22. The van der Waals surface area contributed by atoms with Crippen molar-refractivity contribution in [2.75, 3.05) is 7.11 Å². The molecule has 1 aromatic heterocycles. The van der Waals surface area contributed by atoms with Crippen LogP contribution in [0.25, 0.3) is 10.9 Å². The van der Waals surface area contributed by atoms with E-state index in [1.165, 1.54) is 20.0 Å². The Hall–Kier alpha value is -3.36. The number of methoxy groups -OCH3 is 1. The van der Waals surface area contributed by atoms with Crippen molar-refractivity contribution < 1.29 is 23.9 Å². The van der Waals surface area contributed by atoms with Gasteiger partial charge in [-0.2, -0.15) is 0 Å². The highest BCUT2D eigenvalue weighted by molar-refractivity contribution is 6.00. The lowest BCUT2D eigenvalue weighted by Crippen LogP contribution is -2.53. The van der Waals surface area contributed by atoms with Gasteiger partial charge in [0.1, 0.15) is 17.8 Å². The van der Waals surface area contributed by atoms with Gasteiger partial charge in [0.2, 0.25) is 11.8 Å². The highest BCUT2D eigenvalue weighted by Crippen LogP contribution is 2.39. The number of aromatic amines is 1. The number of carbonyl (C=O) groups is 4. The zero-order valence-electron chi connectivity index (χ0n) is 23.4. The predicted octanol–water partition coefficient (Wildman–Crippen LogP) is 4.12. The first kappa shape index (κ1) is 28.2. The van der Waals surface area contributed by atoms with Crippen molar-refractivity contribution in [1.29, 1.82) is 0 Å². The van der Waals surface area contributed by atoms with Crippen LogP contribution in [0, 0.1) is 11.8 Å². The van der Waals surface area contributed by atoms with Gasteiger partial charge in [-0.1, -0.05) is 69.6 Å². The van der Waals surface area contributed by atoms with E-state index >= 15 is 0 Å². The van der Waals surface area contributed by atoms with E-state index in [4.69, 9.17) is 4.74 Å². The van der Waals surface area contributed by atoms with Crippen LogP contribution in [-0.4, -0.2) is 53.4 Å². The number of benzene rings is 1. The van der Waals surface area contributed by atoms with Crippen molar-refractivity contribution in [3.05, 3.63) is 36.0 Å². The molecule has 1 aromatic carbocycles. The van der Waals surface area contributed by atoms with Gasteiger partial charge in [-0.15, -0.1) is 0 Å². The van der Waals surface area contributed by atoms with Gasteiger partial charge in [-0.3, -0.25) is 14.4 Å². The molecule has 1 aliphatic heterocycles. The Morgan fingerprint density at radius 2 is 1.70 bits per heavy atom. The number of ether oxygens (including phenoxy) is 1. The van der Waals surface area contributed by atoms with Gasteiger partial charge in [0.25, 0.3) is 5.91 Å². The largest absolute Gasteiger partial charge is 0.467 e. The Bertz CT molecular complexity index is 1190. The minimum Gasteiger partial charge on any atom is -0.467 e. The molecule has 0 bridgehead atoms. The second kappa shape index (κ2) is 12.4. The van der Waals surface area contributed by atoms with Crippen LogP contribution in [0.3, 0.4) is 0 Å². The number of carbonyl (C=O) groups excluding carboxylic acids is 4. The lowest BCUT2D eigenvalue weighted by molar-refractivity contribution is -0.146. The summed E-state index contributed by atoms with van der Waals surface area (Å²) in [5.41, 5.74) is 1.03. The quantitative estimate of drug-likeness (QED) is 0.349. The number of esters is 1.